The highest BCUT2D eigenvalue weighted by atomic mass is 16.6. The van der Waals surface area contributed by atoms with E-state index in [-0.39, 0.29) is 31.1 Å². The smallest absolute Gasteiger partial charge is 0.306 e. The van der Waals surface area contributed by atoms with Gasteiger partial charge in [-0.15, -0.1) is 0 Å². The first kappa shape index (κ1) is 66.3. The van der Waals surface area contributed by atoms with Gasteiger partial charge < -0.3 is 14.2 Å². The Hall–Kier alpha value is -3.67. The largest absolute Gasteiger partial charge is 0.462 e. The van der Waals surface area contributed by atoms with Gasteiger partial charge in [0.15, 0.2) is 6.10 Å². The molecule has 0 bridgehead atoms. The first-order chi connectivity index (χ1) is 34.5. The summed E-state index contributed by atoms with van der Waals surface area (Å²) in [7, 11) is 0. The summed E-state index contributed by atoms with van der Waals surface area (Å²) in [5.41, 5.74) is 0. The Morgan fingerprint density at radius 2 is 0.514 bits per heavy atom. The third-order valence-electron chi connectivity index (χ3n) is 12.4. The molecule has 70 heavy (non-hydrogen) atoms. The topological polar surface area (TPSA) is 78.9 Å². The summed E-state index contributed by atoms with van der Waals surface area (Å²) in [4.78, 5) is 38.2. The van der Waals surface area contributed by atoms with E-state index in [1.807, 2.05) is 0 Å². The zero-order valence-corrected chi connectivity index (χ0v) is 45.8. The zero-order valence-electron chi connectivity index (χ0n) is 45.8. The number of unbranched alkanes of at least 4 members (excludes halogenated alkanes) is 30. The fraction of sp³-hybridized carbons (Fsp3) is 0.703. The maximum absolute atomic E-state index is 12.9. The minimum atomic E-state index is -0.808. The molecule has 1 atom stereocenters. The van der Waals surface area contributed by atoms with E-state index in [9.17, 15) is 14.4 Å². The first-order valence-corrected chi connectivity index (χ1v) is 29.3. The number of hydrogen-bond donors (Lipinski definition) is 0. The van der Waals surface area contributed by atoms with Gasteiger partial charge in [-0.2, -0.15) is 0 Å². The van der Waals surface area contributed by atoms with Gasteiger partial charge in [-0.3, -0.25) is 14.4 Å². The Morgan fingerprint density at radius 3 is 0.857 bits per heavy atom. The molecule has 0 aromatic carbocycles. The van der Waals surface area contributed by atoms with Gasteiger partial charge in [0, 0.05) is 19.3 Å². The van der Waals surface area contributed by atoms with Crippen molar-refractivity contribution >= 4 is 17.9 Å². The lowest BCUT2D eigenvalue weighted by Gasteiger charge is -2.18. The lowest BCUT2D eigenvalue weighted by Crippen LogP contribution is -2.30. The molecule has 0 aromatic heterocycles. The van der Waals surface area contributed by atoms with E-state index in [4.69, 9.17) is 14.2 Å². The molecule has 6 nitrogen and oxygen atoms in total. The number of carbonyl (C=O) groups is 3. The molecule has 0 aromatic rings. The molecule has 0 fully saturated rings. The zero-order chi connectivity index (χ0) is 50.7. The molecule has 0 spiro atoms. The van der Waals surface area contributed by atoms with Crippen LogP contribution in [-0.4, -0.2) is 37.2 Å². The van der Waals surface area contributed by atoms with Gasteiger partial charge in [0.1, 0.15) is 13.2 Å². The second-order valence-electron chi connectivity index (χ2n) is 19.3. The van der Waals surface area contributed by atoms with Crippen molar-refractivity contribution in [3.05, 3.63) is 97.2 Å². The Kier molecular flexibility index (Phi) is 54.9. The molecule has 0 heterocycles. The van der Waals surface area contributed by atoms with E-state index >= 15 is 0 Å². The number of ether oxygens (including phenoxy) is 3. The fourth-order valence-electron chi connectivity index (χ4n) is 7.97. The minimum Gasteiger partial charge on any atom is -0.462 e. The van der Waals surface area contributed by atoms with E-state index in [0.717, 1.165) is 116 Å². The maximum Gasteiger partial charge on any atom is 0.306 e. The molecule has 0 aliphatic heterocycles. The van der Waals surface area contributed by atoms with Gasteiger partial charge in [0.05, 0.1) is 0 Å². The average Bonchev–Trinajstić information content (AvgIpc) is 3.36. The van der Waals surface area contributed by atoms with Crippen LogP contribution in [0.5, 0.6) is 0 Å². The van der Waals surface area contributed by atoms with Crippen molar-refractivity contribution in [1.82, 2.24) is 0 Å². The highest BCUT2D eigenvalue weighted by molar-refractivity contribution is 5.71. The van der Waals surface area contributed by atoms with Crippen molar-refractivity contribution < 1.29 is 28.6 Å². The highest BCUT2D eigenvalue weighted by Crippen LogP contribution is 2.14. The van der Waals surface area contributed by atoms with Gasteiger partial charge in [0.25, 0.3) is 0 Å². The Bertz CT molecular complexity index is 1400. The van der Waals surface area contributed by atoms with Crippen molar-refractivity contribution in [2.24, 2.45) is 0 Å². The number of hydrogen-bond acceptors (Lipinski definition) is 6. The molecule has 0 rings (SSSR count). The molecule has 1 unspecified atom stereocenters. The second kappa shape index (κ2) is 57.9. The van der Waals surface area contributed by atoms with E-state index in [1.165, 1.54) is 116 Å². The SMILES string of the molecule is CCCCC\C=C/C=C\C=C/C=C\CCCCCCCC(=O)OCC(COC(=O)CCCCC/C=C\C=C/CCCCCCCCC)OC(=O)CCCCCCC/C=C\C=C/CCCCCCCCC. The molecule has 0 radical (unpaired) electrons. The molecular weight excluding hydrogens is 865 g/mol. The van der Waals surface area contributed by atoms with Crippen LogP contribution < -0.4 is 0 Å². The third-order valence-corrected chi connectivity index (χ3v) is 12.4. The van der Waals surface area contributed by atoms with Crippen molar-refractivity contribution in [2.45, 2.75) is 277 Å². The molecular formula is C64H108O6. The average molecular weight is 974 g/mol. The highest BCUT2D eigenvalue weighted by Gasteiger charge is 2.19. The Labute approximate surface area is 432 Å². The summed E-state index contributed by atoms with van der Waals surface area (Å²) in [5.74, 6) is -0.964. The number of allylic oxidation sites excluding steroid dienone is 16. The van der Waals surface area contributed by atoms with Crippen LogP contribution in [0.3, 0.4) is 0 Å². The van der Waals surface area contributed by atoms with Crippen LogP contribution in [0.25, 0.3) is 0 Å². The second-order valence-corrected chi connectivity index (χ2v) is 19.3. The van der Waals surface area contributed by atoms with Crippen LogP contribution in [0.2, 0.25) is 0 Å². The van der Waals surface area contributed by atoms with Crippen LogP contribution in [-0.2, 0) is 28.6 Å². The predicted molar refractivity (Wildman–Crippen MR) is 302 cm³/mol. The number of carbonyl (C=O) groups excluding carboxylic acids is 3. The molecule has 0 aliphatic carbocycles. The monoisotopic (exact) mass is 973 g/mol. The number of esters is 3. The standard InChI is InChI=1S/C64H108O6/c1-4-7-10-13-16-19-22-25-28-31-33-36-39-42-45-48-51-54-57-63(66)69-60-61(59-68-62(65)56-53-50-47-44-41-38-35-30-27-24-21-18-15-12-9-6-3)70-64(67)58-55-52-49-46-43-40-37-34-32-29-26-23-20-17-14-11-8-5-2/h16,19,22,25,28-38,41,61H,4-15,17-18,20-21,23-24,26-27,39-40,42-60H2,1-3H3/b19-16-,25-22-,31-28-,32-29-,35-30-,36-33-,37-34-,41-38-. The number of rotatable bonds is 52. The quantitative estimate of drug-likeness (QED) is 0.0262. The summed E-state index contributed by atoms with van der Waals surface area (Å²) in [6.45, 7) is 6.54. The summed E-state index contributed by atoms with van der Waals surface area (Å²) in [6, 6.07) is 0. The van der Waals surface area contributed by atoms with Gasteiger partial charge in [-0.1, -0.05) is 253 Å². The molecule has 0 N–H and O–H groups in total. The lowest BCUT2D eigenvalue weighted by molar-refractivity contribution is -0.167. The van der Waals surface area contributed by atoms with E-state index in [2.05, 4.69) is 118 Å². The van der Waals surface area contributed by atoms with E-state index in [0.29, 0.717) is 19.3 Å². The van der Waals surface area contributed by atoms with Gasteiger partial charge in [-0.25, -0.2) is 0 Å². The molecule has 400 valence electrons. The Morgan fingerprint density at radius 1 is 0.286 bits per heavy atom. The van der Waals surface area contributed by atoms with Crippen LogP contribution >= 0.6 is 0 Å². The normalized spacial score (nSPS) is 12.8. The van der Waals surface area contributed by atoms with Crippen molar-refractivity contribution in [2.75, 3.05) is 13.2 Å². The maximum atomic E-state index is 12.9. The summed E-state index contributed by atoms with van der Waals surface area (Å²) in [6.07, 6.45) is 76.7. The minimum absolute atomic E-state index is 0.105. The summed E-state index contributed by atoms with van der Waals surface area (Å²) in [5, 5.41) is 0. The van der Waals surface area contributed by atoms with Crippen LogP contribution in [0.1, 0.15) is 271 Å². The Balaban J connectivity index is 4.52. The molecule has 6 heteroatoms. The van der Waals surface area contributed by atoms with Gasteiger partial charge in [-0.05, 0) is 96.3 Å². The van der Waals surface area contributed by atoms with E-state index in [1.54, 1.807) is 0 Å². The van der Waals surface area contributed by atoms with Crippen molar-refractivity contribution in [3.8, 4) is 0 Å². The van der Waals surface area contributed by atoms with Crippen molar-refractivity contribution in [3.63, 3.8) is 0 Å². The van der Waals surface area contributed by atoms with Crippen LogP contribution in [0, 0.1) is 0 Å². The lowest BCUT2D eigenvalue weighted by atomic mass is 10.1. The third kappa shape index (κ3) is 55.3. The van der Waals surface area contributed by atoms with Gasteiger partial charge >= 0.3 is 17.9 Å². The van der Waals surface area contributed by atoms with Crippen LogP contribution in [0.15, 0.2) is 97.2 Å². The molecule has 0 amide bonds. The molecule has 0 saturated carbocycles. The van der Waals surface area contributed by atoms with Crippen LogP contribution in [0.4, 0.5) is 0 Å². The van der Waals surface area contributed by atoms with Gasteiger partial charge in [0.2, 0.25) is 0 Å². The predicted octanol–water partition coefficient (Wildman–Crippen LogP) is 19.7. The summed E-state index contributed by atoms with van der Waals surface area (Å²) >= 11 is 0. The van der Waals surface area contributed by atoms with E-state index < -0.39 is 6.10 Å². The summed E-state index contributed by atoms with van der Waals surface area (Å²) < 4.78 is 16.8. The first-order valence-electron chi connectivity index (χ1n) is 29.3. The molecule has 0 aliphatic rings. The molecule has 0 saturated heterocycles. The van der Waals surface area contributed by atoms with Crippen molar-refractivity contribution in [1.29, 1.82) is 0 Å². The fourth-order valence-corrected chi connectivity index (χ4v) is 7.97.